The monoisotopic (exact) mass is 190 g/mol. The second-order valence-corrected chi connectivity index (χ2v) is 2.86. The summed E-state index contributed by atoms with van der Waals surface area (Å²) in [4.78, 5) is 11.4. The molecule has 1 aliphatic carbocycles. The first kappa shape index (κ1) is 8.81. The van der Waals surface area contributed by atoms with Crippen molar-refractivity contribution in [2.24, 2.45) is 0 Å². The summed E-state index contributed by atoms with van der Waals surface area (Å²) < 4.78 is 10.1. The van der Waals surface area contributed by atoms with Gasteiger partial charge in [-0.3, -0.25) is 0 Å². The quantitative estimate of drug-likeness (QED) is 0.683. The van der Waals surface area contributed by atoms with E-state index in [-0.39, 0.29) is 5.97 Å². The molecule has 0 aromatic carbocycles. The molecule has 3 nitrogen and oxygen atoms in total. The van der Waals surface area contributed by atoms with Gasteiger partial charge in [0.2, 0.25) is 0 Å². The third kappa shape index (κ3) is 1.37. The lowest BCUT2D eigenvalue weighted by Gasteiger charge is -2.01. The Balaban J connectivity index is 2.40. The van der Waals surface area contributed by atoms with E-state index in [1.807, 2.05) is 12.1 Å². The van der Waals surface area contributed by atoms with Gasteiger partial charge in [0.05, 0.1) is 12.9 Å². The number of rotatable bonds is 2. The zero-order valence-corrected chi connectivity index (χ0v) is 7.82. The predicted molar refractivity (Wildman–Crippen MR) is 51.3 cm³/mol. The molecule has 0 saturated heterocycles. The third-order valence-corrected chi connectivity index (χ3v) is 1.97. The van der Waals surface area contributed by atoms with Crippen molar-refractivity contribution in [1.29, 1.82) is 0 Å². The van der Waals surface area contributed by atoms with Crippen LogP contribution in [0, 0.1) is 0 Å². The van der Waals surface area contributed by atoms with Crippen LogP contribution >= 0.6 is 0 Å². The maximum Gasteiger partial charge on any atom is 0.341 e. The van der Waals surface area contributed by atoms with Crippen LogP contribution in [0.2, 0.25) is 0 Å². The Bertz CT molecular complexity index is 417. The zero-order valence-electron chi connectivity index (χ0n) is 7.82. The molecular formula is C11H10O3. The highest BCUT2D eigenvalue weighted by atomic mass is 16.5. The number of ether oxygens (including phenoxy) is 1. The average molecular weight is 190 g/mol. The van der Waals surface area contributed by atoms with Crippen LogP contribution in [0.3, 0.4) is 0 Å². The largest absolute Gasteiger partial charge is 0.463 e. The lowest BCUT2D eigenvalue weighted by Crippen LogP contribution is -2.04. The fourth-order valence-corrected chi connectivity index (χ4v) is 1.36. The highest BCUT2D eigenvalue weighted by molar-refractivity contribution is 5.97. The number of hydrogen-bond acceptors (Lipinski definition) is 3. The van der Waals surface area contributed by atoms with E-state index in [0.717, 1.165) is 5.56 Å². The van der Waals surface area contributed by atoms with Crippen LogP contribution < -0.4 is 0 Å². The average Bonchev–Trinajstić information content (AvgIpc) is 2.61. The molecule has 14 heavy (non-hydrogen) atoms. The van der Waals surface area contributed by atoms with Gasteiger partial charge in [0, 0.05) is 5.56 Å². The number of hydrogen-bond donors (Lipinski definition) is 0. The van der Waals surface area contributed by atoms with Crippen molar-refractivity contribution in [3.05, 3.63) is 36.1 Å². The summed E-state index contributed by atoms with van der Waals surface area (Å²) in [6.45, 7) is 2.15. The smallest absolute Gasteiger partial charge is 0.341 e. The van der Waals surface area contributed by atoms with Gasteiger partial charge >= 0.3 is 5.97 Å². The third-order valence-electron chi connectivity index (χ3n) is 1.97. The van der Waals surface area contributed by atoms with Crippen LogP contribution in [-0.4, -0.2) is 12.6 Å². The summed E-state index contributed by atoms with van der Waals surface area (Å²) in [6, 6.07) is 7.23. The molecule has 0 saturated carbocycles. The standard InChI is InChI=1S/C11H10O3/c1-2-13-11(12)9-6-5-8-4-3-7-14-10(8)9/h3-7H,2H2,1H3. The summed E-state index contributed by atoms with van der Waals surface area (Å²) in [7, 11) is 0. The minimum atomic E-state index is -0.336. The van der Waals surface area contributed by atoms with Gasteiger partial charge in [-0.15, -0.1) is 0 Å². The lowest BCUT2D eigenvalue weighted by molar-refractivity contribution is 0.0526. The van der Waals surface area contributed by atoms with Gasteiger partial charge in [-0.2, -0.15) is 0 Å². The fraction of sp³-hybridized carbons (Fsp3) is 0.182. The normalized spacial score (nSPS) is 10.4. The number of fused-ring (bicyclic) bond motifs is 1. The zero-order chi connectivity index (χ0) is 9.97. The molecule has 0 spiro atoms. The van der Waals surface area contributed by atoms with Gasteiger partial charge in [0.25, 0.3) is 0 Å². The van der Waals surface area contributed by atoms with Crippen LogP contribution in [0.4, 0.5) is 0 Å². The van der Waals surface area contributed by atoms with Gasteiger partial charge in [-0.05, 0) is 25.1 Å². The van der Waals surface area contributed by atoms with Gasteiger partial charge in [0.15, 0.2) is 0 Å². The van der Waals surface area contributed by atoms with Gasteiger partial charge in [-0.25, -0.2) is 4.79 Å². The molecule has 72 valence electrons. The highest BCUT2D eigenvalue weighted by Crippen LogP contribution is 2.27. The van der Waals surface area contributed by atoms with Crippen molar-refractivity contribution >= 4 is 5.97 Å². The van der Waals surface area contributed by atoms with Crippen LogP contribution in [0.25, 0.3) is 11.3 Å². The molecule has 0 unspecified atom stereocenters. The maximum atomic E-state index is 11.4. The summed E-state index contributed by atoms with van der Waals surface area (Å²) >= 11 is 0. The first-order chi connectivity index (χ1) is 6.83. The first-order valence-electron chi connectivity index (χ1n) is 4.46. The van der Waals surface area contributed by atoms with Gasteiger partial charge in [0.1, 0.15) is 11.3 Å². The molecule has 0 aromatic heterocycles. The Kier molecular flexibility index (Phi) is 2.23. The molecule has 2 aliphatic rings. The van der Waals surface area contributed by atoms with Crippen LogP contribution in [-0.2, 0) is 4.74 Å². The molecule has 0 aromatic rings. The molecule has 0 amide bonds. The topological polar surface area (TPSA) is 39.4 Å². The summed E-state index contributed by atoms with van der Waals surface area (Å²) in [5.41, 5.74) is 1.40. The molecule has 1 heterocycles. The van der Waals surface area contributed by atoms with E-state index in [4.69, 9.17) is 9.15 Å². The van der Waals surface area contributed by atoms with E-state index in [2.05, 4.69) is 0 Å². The second kappa shape index (κ2) is 3.54. The first-order valence-corrected chi connectivity index (χ1v) is 4.46. The van der Waals surface area contributed by atoms with Gasteiger partial charge < -0.3 is 9.15 Å². The van der Waals surface area contributed by atoms with E-state index in [0.29, 0.717) is 17.9 Å². The summed E-state index contributed by atoms with van der Waals surface area (Å²) in [6.07, 6.45) is 1.55. The molecule has 0 bridgehead atoms. The molecular weight excluding hydrogens is 180 g/mol. The Morgan fingerprint density at radius 1 is 1.43 bits per heavy atom. The number of esters is 1. The summed E-state index contributed by atoms with van der Waals surface area (Å²) in [5, 5.41) is 0. The summed E-state index contributed by atoms with van der Waals surface area (Å²) in [5.74, 6) is 0.253. The lowest BCUT2D eigenvalue weighted by atomic mass is 10.2. The Morgan fingerprint density at radius 2 is 2.29 bits per heavy atom. The molecule has 3 heteroatoms. The number of carbonyl (C=O) groups is 1. The van der Waals surface area contributed by atoms with E-state index < -0.39 is 0 Å². The fourth-order valence-electron chi connectivity index (χ4n) is 1.36. The molecule has 1 aliphatic heterocycles. The van der Waals surface area contributed by atoms with Crippen molar-refractivity contribution in [2.75, 3.05) is 6.61 Å². The van der Waals surface area contributed by atoms with E-state index in [1.54, 1.807) is 25.3 Å². The second-order valence-electron chi connectivity index (χ2n) is 2.86. The van der Waals surface area contributed by atoms with Crippen LogP contribution in [0.5, 0.6) is 0 Å². The molecule has 0 N–H and O–H groups in total. The van der Waals surface area contributed by atoms with E-state index in [9.17, 15) is 4.79 Å². The van der Waals surface area contributed by atoms with Crippen molar-refractivity contribution in [2.45, 2.75) is 6.92 Å². The van der Waals surface area contributed by atoms with Crippen molar-refractivity contribution < 1.29 is 13.9 Å². The van der Waals surface area contributed by atoms with Gasteiger partial charge in [-0.1, -0.05) is 6.07 Å². The Hall–Kier alpha value is -1.77. The molecule has 2 rings (SSSR count). The van der Waals surface area contributed by atoms with Crippen molar-refractivity contribution in [3.63, 3.8) is 0 Å². The molecule has 0 radical (unpaired) electrons. The van der Waals surface area contributed by atoms with Crippen LogP contribution in [0.1, 0.15) is 17.3 Å². The van der Waals surface area contributed by atoms with E-state index in [1.165, 1.54) is 0 Å². The molecule has 0 atom stereocenters. The Morgan fingerprint density at radius 3 is 3.07 bits per heavy atom. The van der Waals surface area contributed by atoms with Crippen LogP contribution in [0.15, 0.2) is 34.9 Å². The highest BCUT2D eigenvalue weighted by Gasteiger charge is 2.18. The Labute approximate surface area is 81.6 Å². The van der Waals surface area contributed by atoms with Crippen molar-refractivity contribution in [3.8, 4) is 11.3 Å². The maximum absolute atomic E-state index is 11.4. The van der Waals surface area contributed by atoms with E-state index >= 15 is 0 Å². The molecule has 0 fully saturated rings. The minimum absolute atomic E-state index is 0.336. The SMILES string of the molecule is CCOC(=O)c1ccc2cccoc1-2. The predicted octanol–water partition coefficient (Wildman–Crippen LogP) is 2.56. The van der Waals surface area contributed by atoms with Crippen molar-refractivity contribution in [1.82, 2.24) is 0 Å². The number of carbonyl (C=O) groups excluding carboxylic acids is 1. The minimum Gasteiger partial charge on any atom is -0.463 e.